The van der Waals surface area contributed by atoms with Crippen LogP contribution in [-0.4, -0.2) is 34.4 Å². The molecule has 1 aliphatic rings. The number of amides is 3. The fourth-order valence-electron chi connectivity index (χ4n) is 3.54. The summed E-state index contributed by atoms with van der Waals surface area (Å²) in [7, 11) is 0. The zero-order valence-electron chi connectivity index (χ0n) is 17.0. The Morgan fingerprint density at radius 3 is 2.90 bits per heavy atom. The van der Waals surface area contributed by atoms with Gasteiger partial charge in [0.2, 0.25) is 5.91 Å². The quantitative estimate of drug-likeness (QED) is 0.598. The molecule has 1 aliphatic heterocycles. The summed E-state index contributed by atoms with van der Waals surface area (Å²) in [6.07, 6.45) is 1.49. The lowest BCUT2D eigenvalue weighted by atomic mass is 10.1. The molecule has 0 radical (unpaired) electrons. The average molecular weight is 441 g/mol. The number of carbonyl (C=O) groups excluding carboxylic acids is 2. The third-order valence-electron chi connectivity index (χ3n) is 5.18. The molecule has 0 saturated carbocycles. The summed E-state index contributed by atoms with van der Waals surface area (Å²) in [5, 5.41) is 10.9. The van der Waals surface area contributed by atoms with Crippen molar-refractivity contribution in [1.82, 2.24) is 15.2 Å². The van der Waals surface area contributed by atoms with Gasteiger partial charge in [0.25, 0.3) is 0 Å². The molecule has 0 aliphatic carbocycles. The molecule has 156 valence electrons. The maximum absolute atomic E-state index is 12.8. The minimum Gasteiger partial charge on any atom is -0.349 e. The van der Waals surface area contributed by atoms with E-state index in [2.05, 4.69) is 15.6 Å². The number of thiazole rings is 1. The molecular formula is C22H24N4O2S2. The van der Waals surface area contributed by atoms with Crippen molar-refractivity contribution in [2.45, 2.75) is 39.3 Å². The summed E-state index contributed by atoms with van der Waals surface area (Å²) in [6, 6.07) is 9.31. The monoisotopic (exact) mass is 440 g/mol. The van der Waals surface area contributed by atoms with Crippen LogP contribution >= 0.6 is 22.7 Å². The lowest BCUT2D eigenvalue weighted by molar-refractivity contribution is -0.124. The van der Waals surface area contributed by atoms with Crippen molar-refractivity contribution >= 4 is 40.3 Å². The number of nitrogens with zero attached hydrogens (tertiary/aromatic N) is 2. The highest BCUT2D eigenvalue weighted by atomic mass is 32.1. The van der Waals surface area contributed by atoms with E-state index in [-0.39, 0.29) is 11.9 Å². The van der Waals surface area contributed by atoms with Gasteiger partial charge < -0.3 is 15.5 Å². The van der Waals surface area contributed by atoms with E-state index in [1.807, 2.05) is 54.9 Å². The van der Waals surface area contributed by atoms with Crippen molar-refractivity contribution < 1.29 is 9.59 Å². The Morgan fingerprint density at radius 2 is 2.10 bits per heavy atom. The molecule has 2 aromatic heterocycles. The number of thiophene rings is 1. The number of urea groups is 1. The fourth-order valence-corrected chi connectivity index (χ4v) is 5.17. The highest BCUT2D eigenvalue weighted by Crippen LogP contribution is 2.28. The summed E-state index contributed by atoms with van der Waals surface area (Å²) >= 11 is 3.22. The van der Waals surface area contributed by atoms with Crippen LogP contribution in [0.25, 0.3) is 9.88 Å². The number of carbonyl (C=O) groups is 2. The molecule has 0 unspecified atom stereocenters. The Bertz CT molecular complexity index is 1050. The first-order valence-electron chi connectivity index (χ1n) is 9.92. The second-order valence-corrected chi connectivity index (χ2v) is 9.24. The number of anilines is 1. The van der Waals surface area contributed by atoms with Crippen molar-refractivity contribution in [1.29, 1.82) is 0 Å². The number of likely N-dealkylation sites (tertiary alicyclic amines) is 1. The van der Waals surface area contributed by atoms with Gasteiger partial charge >= 0.3 is 6.03 Å². The van der Waals surface area contributed by atoms with Crippen LogP contribution in [0.15, 0.2) is 41.1 Å². The molecule has 1 atom stereocenters. The number of hydrogen-bond acceptors (Lipinski definition) is 5. The predicted molar refractivity (Wildman–Crippen MR) is 122 cm³/mol. The number of hydrogen-bond donors (Lipinski definition) is 2. The van der Waals surface area contributed by atoms with Crippen molar-refractivity contribution in [2.24, 2.45) is 0 Å². The lowest BCUT2D eigenvalue weighted by Crippen LogP contribution is -2.47. The third-order valence-corrected chi connectivity index (χ3v) is 7.11. The van der Waals surface area contributed by atoms with Gasteiger partial charge in [0.05, 0.1) is 17.1 Å². The average Bonchev–Trinajstić information content (AvgIpc) is 3.49. The number of rotatable bonds is 5. The molecule has 3 heterocycles. The Labute approximate surface area is 184 Å². The zero-order valence-corrected chi connectivity index (χ0v) is 18.6. The van der Waals surface area contributed by atoms with Crippen LogP contribution in [0.2, 0.25) is 0 Å². The van der Waals surface area contributed by atoms with Gasteiger partial charge in [-0.3, -0.25) is 4.79 Å². The summed E-state index contributed by atoms with van der Waals surface area (Å²) in [6.45, 7) is 4.89. The van der Waals surface area contributed by atoms with Gasteiger partial charge in [-0.1, -0.05) is 18.2 Å². The van der Waals surface area contributed by atoms with Crippen LogP contribution in [0.3, 0.4) is 0 Å². The minimum absolute atomic E-state index is 0.130. The van der Waals surface area contributed by atoms with Crippen molar-refractivity contribution in [3.05, 3.63) is 57.9 Å². The molecular weight excluding hydrogens is 416 g/mol. The molecule has 0 spiro atoms. The predicted octanol–water partition coefficient (Wildman–Crippen LogP) is 4.80. The summed E-state index contributed by atoms with van der Waals surface area (Å²) in [5.74, 6) is -0.130. The highest BCUT2D eigenvalue weighted by Gasteiger charge is 2.34. The van der Waals surface area contributed by atoms with Gasteiger partial charge in [0.15, 0.2) is 0 Å². The molecule has 0 bridgehead atoms. The first-order valence-corrected chi connectivity index (χ1v) is 11.7. The fraction of sp³-hybridized carbons (Fsp3) is 0.318. The molecule has 30 heavy (non-hydrogen) atoms. The Balaban J connectivity index is 1.36. The first kappa shape index (κ1) is 20.6. The normalized spacial score (nSPS) is 15.9. The molecule has 8 heteroatoms. The highest BCUT2D eigenvalue weighted by molar-refractivity contribution is 7.20. The molecule has 6 nitrogen and oxygen atoms in total. The number of nitrogens with one attached hydrogen (secondary N) is 2. The topological polar surface area (TPSA) is 74.3 Å². The van der Waals surface area contributed by atoms with Crippen LogP contribution in [0, 0.1) is 13.8 Å². The molecule has 1 fully saturated rings. The van der Waals surface area contributed by atoms with E-state index in [4.69, 9.17) is 0 Å². The minimum atomic E-state index is -0.453. The number of aryl methyl sites for hydroxylation is 2. The van der Waals surface area contributed by atoms with Crippen LogP contribution in [0.1, 0.15) is 29.7 Å². The van der Waals surface area contributed by atoms with E-state index in [1.54, 1.807) is 27.6 Å². The number of aromatic nitrogens is 1. The van der Waals surface area contributed by atoms with Crippen molar-refractivity contribution in [2.75, 3.05) is 11.9 Å². The number of benzene rings is 1. The van der Waals surface area contributed by atoms with E-state index < -0.39 is 6.04 Å². The summed E-state index contributed by atoms with van der Waals surface area (Å²) in [5.41, 5.74) is 3.70. The smallest absolute Gasteiger partial charge is 0.322 e. The largest absolute Gasteiger partial charge is 0.349 e. The maximum Gasteiger partial charge on any atom is 0.322 e. The Kier molecular flexibility index (Phi) is 6.15. The standard InChI is InChI=1S/C22H24N4O2S2/c1-14-7-8-15(2)17(11-14)25-22(28)26-9-3-5-18(26)20(27)23-12-16-13-30-21(24-16)19-6-4-10-29-19/h4,6-8,10-11,13,18H,3,5,9,12H2,1-2H3,(H,23,27)(H,25,28)/t18-/m1/s1. The maximum atomic E-state index is 12.8. The van der Waals surface area contributed by atoms with E-state index in [9.17, 15) is 9.59 Å². The first-order chi connectivity index (χ1) is 14.5. The van der Waals surface area contributed by atoms with Crippen LogP contribution < -0.4 is 10.6 Å². The molecule has 1 aromatic carbocycles. The second-order valence-electron chi connectivity index (χ2n) is 7.44. The SMILES string of the molecule is Cc1ccc(C)c(NC(=O)N2CCC[C@@H]2C(=O)NCc2csc(-c3cccs3)n2)c1. The third kappa shape index (κ3) is 4.55. The zero-order chi connectivity index (χ0) is 21.1. The molecule has 1 saturated heterocycles. The molecule has 3 aromatic rings. The lowest BCUT2D eigenvalue weighted by Gasteiger charge is -2.24. The van der Waals surface area contributed by atoms with Crippen molar-refractivity contribution in [3.8, 4) is 9.88 Å². The van der Waals surface area contributed by atoms with Gasteiger partial charge in [-0.25, -0.2) is 9.78 Å². The molecule has 3 amide bonds. The van der Waals surface area contributed by atoms with E-state index in [0.29, 0.717) is 19.5 Å². The van der Waals surface area contributed by atoms with Gasteiger partial charge in [-0.05, 0) is 55.3 Å². The summed E-state index contributed by atoms with van der Waals surface area (Å²) < 4.78 is 0. The van der Waals surface area contributed by atoms with Gasteiger partial charge in [0, 0.05) is 17.6 Å². The Hall–Kier alpha value is -2.71. The van der Waals surface area contributed by atoms with Crippen LogP contribution in [-0.2, 0) is 11.3 Å². The van der Waals surface area contributed by atoms with E-state index >= 15 is 0 Å². The van der Waals surface area contributed by atoms with Crippen molar-refractivity contribution in [3.63, 3.8) is 0 Å². The van der Waals surface area contributed by atoms with Gasteiger partial charge in [-0.2, -0.15) is 0 Å². The van der Waals surface area contributed by atoms with Crippen LogP contribution in [0.4, 0.5) is 10.5 Å². The van der Waals surface area contributed by atoms with E-state index in [0.717, 1.165) is 38.8 Å². The van der Waals surface area contributed by atoms with Crippen LogP contribution in [0.5, 0.6) is 0 Å². The molecule has 2 N–H and O–H groups in total. The van der Waals surface area contributed by atoms with Gasteiger partial charge in [-0.15, -0.1) is 22.7 Å². The van der Waals surface area contributed by atoms with E-state index in [1.165, 1.54) is 0 Å². The second kappa shape index (κ2) is 8.97. The molecule has 4 rings (SSSR count). The van der Waals surface area contributed by atoms with Gasteiger partial charge in [0.1, 0.15) is 11.0 Å². The Morgan fingerprint density at radius 1 is 1.23 bits per heavy atom. The summed E-state index contributed by atoms with van der Waals surface area (Å²) in [4.78, 5) is 33.0.